The van der Waals surface area contributed by atoms with Crippen LogP contribution in [-0.2, 0) is 0 Å². The second-order valence-electron chi connectivity index (χ2n) is 3.62. The highest BCUT2D eigenvalue weighted by Crippen LogP contribution is 2.18. The van der Waals surface area contributed by atoms with Crippen molar-refractivity contribution >= 4 is 0 Å². The molecule has 1 aromatic carbocycles. The lowest BCUT2D eigenvalue weighted by molar-refractivity contribution is 0.887. The monoisotopic (exact) mass is 226 g/mol. The fourth-order valence-electron chi connectivity index (χ4n) is 1.78. The van der Waals surface area contributed by atoms with Gasteiger partial charge in [0.2, 0.25) is 0 Å². The highest BCUT2D eigenvalue weighted by atomic mass is 16.1. The molecule has 0 aliphatic carbocycles. The third kappa shape index (κ3) is 1.57. The lowest BCUT2D eigenvalue weighted by Crippen LogP contribution is -2.06. The topological polar surface area (TPSA) is 66.5 Å². The Bertz CT molecular complexity index is 678. The molecule has 2 aromatic heterocycles. The fourth-order valence-corrected chi connectivity index (χ4v) is 1.78. The number of H-pyrrole nitrogens is 2. The van der Waals surface area contributed by atoms with Gasteiger partial charge in [-0.05, 0) is 18.2 Å². The third-order valence-electron chi connectivity index (χ3n) is 2.57. The van der Waals surface area contributed by atoms with Gasteiger partial charge in [0.05, 0.1) is 23.1 Å². The van der Waals surface area contributed by atoms with Crippen LogP contribution in [0.3, 0.4) is 0 Å². The summed E-state index contributed by atoms with van der Waals surface area (Å²) in [4.78, 5) is 11.6. The summed E-state index contributed by atoms with van der Waals surface area (Å²) < 4.78 is 1.73. The molecule has 0 unspecified atom stereocenters. The predicted octanol–water partition coefficient (Wildman–Crippen LogP) is 1.56. The van der Waals surface area contributed by atoms with Crippen LogP contribution in [0, 0.1) is 0 Å². The van der Waals surface area contributed by atoms with Crippen molar-refractivity contribution in [2.75, 3.05) is 0 Å². The summed E-state index contributed by atoms with van der Waals surface area (Å²) >= 11 is 0. The van der Waals surface area contributed by atoms with Crippen LogP contribution >= 0.6 is 0 Å². The summed E-state index contributed by atoms with van der Waals surface area (Å²) in [5.74, 6) is 0. The van der Waals surface area contributed by atoms with Crippen LogP contribution in [0.5, 0.6) is 0 Å². The minimum Gasteiger partial charge on any atom is -0.305 e. The van der Waals surface area contributed by atoms with E-state index in [9.17, 15) is 4.79 Å². The Hall–Kier alpha value is -2.56. The van der Waals surface area contributed by atoms with Crippen LogP contribution in [0.25, 0.3) is 16.9 Å². The van der Waals surface area contributed by atoms with E-state index in [4.69, 9.17) is 0 Å². The van der Waals surface area contributed by atoms with Crippen LogP contribution in [-0.4, -0.2) is 20.0 Å². The van der Waals surface area contributed by atoms with Crippen molar-refractivity contribution in [3.8, 4) is 16.9 Å². The number of hydrogen-bond donors (Lipinski definition) is 2. The second-order valence-corrected chi connectivity index (χ2v) is 3.62. The Balaban J connectivity index is 2.19. The lowest BCUT2D eigenvalue weighted by Gasteiger charge is -2.04. The molecule has 0 saturated carbocycles. The van der Waals surface area contributed by atoms with Gasteiger partial charge in [0.15, 0.2) is 0 Å². The van der Waals surface area contributed by atoms with Gasteiger partial charge in [0.1, 0.15) is 0 Å². The molecular weight excluding hydrogens is 216 g/mol. The minimum absolute atomic E-state index is 0.150. The number of rotatable bonds is 2. The van der Waals surface area contributed by atoms with E-state index < -0.39 is 0 Å². The minimum atomic E-state index is -0.150. The van der Waals surface area contributed by atoms with Gasteiger partial charge in [-0.1, -0.05) is 18.2 Å². The van der Waals surface area contributed by atoms with Crippen LogP contribution in [0.1, 0.15) is 0 Å². The number of para-hydroxylation sites is 1. The van der Waals surface area contributed by atoms with Gasteiger partial charge in [-0.15, -0.1) is 0 Å². The highest BCUT2D eigenvalue weighted by molar-refractivity contribution is 5.59. The van der Waals surface area contributed by atoms with Crippen LogP contribution < -0.4 is 5.56 Å². The number of benzene rings is 1. The third-order valence-corrected chi connectivity index (χ3v) is 2.57. The summed E-state index contributed by atoms with van der Waals surface area (Å²) in [7, 11) is 0. The Labute approximate surface area is 96.7 Å². The normalized spacial score (nSPS) is 10.6. The number of aromatic amines is 2. The van der Waals surface area contributed by atoms with Gasteiger partial charge in [0, 0.05) is 6.20 Å². The fraction of sp³-hybridized carbons (Fsp3) is 0. The zero-order valence-corrected chi connectivity index (χ0v) is 8.92. The summed E-state index contributed by atoms with van der Waals surface area (Å²) in [5, 5.41) is 9.43. The summed E-state index contributed by atoms with van der Waals surface area (Å²) in [6.45, 7) is 0. The molecule has 0 atom stereocenters. The van der Waals surface area contributed by atoms with Gasteiger partial charge in [-0.25, -0.2) is 4.68 Å². The van der Waals surface area contributed by atoms with Gasteiger partial charge in [0.25, 0.3) is 5.56 Å². The maximum Gasteiger partial charge on any atom is 0.273 e. The van der Waals surface area contributed by atoms with Crippen molar-refractivity contribution in [2.45, 2.75) is 0 Å². The van der Waals surface area contributed by atoms with E-state index in [1.807, 2.05) is 36.4 Å². The van der Waals surface area contributed by atoms with E-state index >= 15 is 0 Å². The molecule has 0 amide bonds. The van der Waals surface area contributed by atoms with Crippen molar-refractivity contribution in [3.05, 3.63) is 59.1 Å². The highest BCUT2D eigenvalue weighted by Gasteiger charge is 2.10. The van der Waals surface area contributed by atoms with Gasteiger partial charge < -0.3 is 5.10 Å². The Morgan fingerprint density at radius 2 is 1.94 bits per heavy atom. The molecule has 0 aliphatic rings. The molecule has 0 bridgehead atoms. The molecule has 0 radical (unpaired) electrons. The zero-order chi connectivity index (χ0) is 11.7. The van der Waals surface area contributed by atoms with Crippen molar-refractivity contribution in [2.24, 2.45) is 0 Å². The molecule has 0 saturated heterocycles. The smallest absolute Gasteiger partial charge is 0.273 e. The van der Waals surface area contributed by atoms with Gasteiger partial charge >= 0.3 is 0 Å². The standard InChI is InChI=1S/C12H10N4O/c17-12-10(8-13-15-12)11-6-7-14-16(11)9-4-2-1-3-5-9/h1-8H,(H2,13,15,17). The molecule has 2 heterocycles. The Morgan fingerprint density at radius 3 is 2.65 bits per heavy atom. The largest absolute Gasteiger partial charge is 0.305 e. The molecule has 2 N–H and O–H groups in total. The predicted molar refractivity (Wildman–Crippen MR) is 64.0 cm³/mol. The molecule has 5 nitrogen and oxygen atoms in total. The van der Waals surface area contributed by atoms with Crippen molar-refractivity contribution in [1.82, 2.24) is 20.0 Å². The summed E-state index contributed by atoms with van der Waals surface area (Å²) in [5.41, 5.74) is 2.11. The number of hydrogen-bond acceptors (Lipinski definition) is 2. The molecule has 3 rings (SSSR count). The first-order valence-corrected chi connectivity index (χ1v) is 5.22. The van der Waals surface area contributed by atoms with Crippen molar-refractivity contribution in [3.63, 3.8) is 0 Å². The van der Waals surface area contributed by atoms with Crippen LogP contribution in [0.4, 0.5) is 0 Å². The Kier molecular flexibility index (Phi) is 2.15. The SMILES string of the molecule is O=c1[nH][nH]cc1-c1ccnn1-c1ccccc1. The van der Waals surface area contributed by atoms with E-state index in [1.165, 1.54) is 0 Å². The zero-order valence-electron chi connectivity index (χ0n) is 8.92. The van der Waals surface area contributed by atoms with E-state index in [2.05, 4.69) is 15.3 Å². The summed E-state index contributed by atoms with van der Waals surface area (Å²) in [6, 6.07) is 11.5. The van der Waals surface area contributed by atoms with Crippen molar-refractivity contribution < 1.29 is 0 Å². The molecule has 17 heavy (non-hydrogen) atoms. The molecule has 0 aliphatic heterocycles. The van der Waals surface area contributed by atoms with Crippen molar-refractivity contribution in [1.29, 1.82) is 0 Å². The van der Waals surface area contributed by atoms with Gasteiger partial charge in [-0.3, -0.25) is 9.89 Å². The summed E-state index contributed by atoms with van der Waals surface area (Å²) in [6.07, 6.45) is 3.31. The van der Waals surface area contributed by atoms with Crippen LogP contribution in [0.15, 0.2) is 53.6 Å². The average Bonchev–Trinajstić information content (AvgIpc) is 2.98. The quantitative estimate of drug-likeness (QED) is 0.696. The molecule has 0 fully saturated rings. The first-order valence-electron chi connectivity index (χ1n) is 5.22. The maximum absolute atomic E-state index is 11.6. The first kappa shape index (κ1) is 9.65. The van der Waals surface area contributed by atoms with E-state index in [0.717, 1.165) is 11.4 Å². The number of nitrogens with zero attached hydrogens (tertiary/aromatic N) is 2. The maximum atomic E-state index is 11.6. The Morgan fingerprint density at radius 1 is 1.12 bits per heavy atom. The molecule has 5 heteroatoms. The van der Waals surface area contributed by atoms with Crippen LogP contribution in [0.2, 0.25) is 0 Å². The molecule has 0 spiro atoms. The van der Waals surface area contributed by atoms with Gasteiger partial charge in [-0.2, -0.15) is 5.10 Å². The first-order chi connectivity index (χ1) is 8.36. The van der Waals surface area contributed by atoms with E-state index in [1.54, 1.807) is 17.1 Å². The van der Waals surface area contributed by atoms with E-state index in [-0.39, 0.29) is 5.56 Å². The lowest BCUT2D eigenvalue weighted by atomic mass is 10.2. The van der Waals surface area contributed by atoms with E-state index in [0.29, 0.717) is 5.56 Å². The molecule has 84 valence electrons. The number of aromatic nitrogens is 4. The average molecular weight is 226 g/mol. The molecular formula is C12H10N4O. The molecule has 3 aromatic rings. The number of nitrogens with one attached hydrogen (secondary N) is 2. The second kappa shape index (κ2) is 3.79.